The van der Waals surface area contributed by atoms with Crippen LogP contribution >= 0.6 is 0 Å². The lowest BCUT2D eigenvalue weighted by Gasteiger charge is -2.16. The summed E-state index contributed by atoms with van der Waals surface area (Å²) in [5, 5.41) is 23.5. The molecule has 0 aliphatic heterocycles. The molecule has 0 spiro atoms. The summed E-state index contributed by atoms with van der Waals surface area (Å²) >= 11 is 0. The lowest BCUT2D eigenvalue weighted by Crippen LogP contribution is -2.56. The zero-order valence-corrected chi connectivity index (χ0v) is 14.6. The van der Waals surface area contributed by atoms with Crippen LogP contribution in [0.3, 0.4) is 0 Å². The first-order valence-corrected chi connectivity index (χ1v) is 7.57. The molecule has 5 amide bonds. The van der Waals surface area contributed by atoms with Crippen LogP contribution in [-0.4, -0.2) is 70.6 Å². The van der Waals surface area contributed by atoms with Crippen LogP contribution in [0.25, 0.3) is 0 Å². The van der Waals surface area contributed by atoms with E-state index in [0.717, 1.165) is 0 Å². The predicted octanol–water partition coefficient (Wildman–Crippen LogP) is -3.79. The minimum Gasteiger partial charge on any atom is -0.481 e. The molecule has 0 bridgehead atoms. The standard InChI is InChI=1S/C13H22N6O8/c1-5(10(23)18-19-11(24)7(14)3-9(21)22)17-13(27)15-4-8(20)16-6(2)12(25)26/h5-7H,3-4,14H2,1-2H3,(H,16,20)(H,18,23)(H,19,24)(H,21,22)(H,25,26)(H2,15,17,27)/t5-,6-,7-/m0/s1. The minimum atomic E-state index is -1.37. The molecule has 0 fully saturated rings. The Bertz CT molecular complexity index is 610. The molecule has 0 aromatic rings. The van der Waals surface area contributed by atoms with E-state index in [0.29, 0.717) is 0 Å². The molecule has 0 rings (SSSR count). The molecule has 27 heavy (non-hydrogen) atoms. The number of aliphatic carboxylic acids is 2. The van der Waals surface area contributed by atoms with E-state index < -0.39 is 66.8 Å². The van der Waals surface area contributed by atoms with Crippen molar-refractivity contribution >= 4 is 35.7 Å². The molecular formula is C13H22N6O8. The second-order valence-corrected chi connectivity index (χ2v) is 5.36. The quantitative estimate of drug-likeness (QED) is 0.180. The fraction of sp³-hybridized carbons (Fsp3) is 0.538. The Morgan fingerprint density at radius 2 is 1.44 bits per heavy atom. The van der Waals surface area contributed by atoms with E-state index >= 15 is 0 Å². The Morgan fingerprint density at radius 1 is 0.889 bits per heavy atom. The van der Waals surface area contributed by atoms with Gasteiger partial charge in [0.1, 0.15) is 12.1 Å². The number of urea groups is 1. The highest BCUT2D eigenvalue weighted by atomic mass is 16.4. The summed E-state index contributed by atoms with van der Waals surface area (Å²) in [6.45, 7) is 1.98. The number of hydrogen-bond donors (Lipinski definition) is 8. The number of nitrogens with one attached hydrogen (secondary N) is 5. The van der Waals surface area contributed by atoms with Gasteiger partial charge >= 0.3 is 18.0 Å². The van der Waals surface area contributed by atoms with Crippen molar-refractivity contribution in [3.63, 3.8) is 0 Å². The smallest absolute Gasteiger partial charge is 0.325 e. The number of carboxylic acids is 2. The minimum absolute atomic E-state index is 0.529. The van der Waals surface area contributed by atoms with Crippen LogP contribution in [0.4, 0.5) is 4.79 Å². The molecule has 0 heterocycles. The number of nitrogens with two attached hydrogens (primary N) is 1. The van der Waals surface area contributed by atoms with E-state index in [1.807, 2.05) is 10.9 Å². The fourth-order valence-corrected chi connectivity index (χ4v) is 1.43. The molecule has 152 valence electrons. The van der Waals surface area contributed by atoms with Gasteiger partial charge in [-0.2, -0.15) is 0 Å². The van der Waals surface area contributed by atoms with Gasteiger partial charge in [-0.15, -0.1) is 0 Å². The summed E-state index contributed by atoms with van der Waals surface area (Å²) in [5.74, 6) is -5.07. The molecule has 0 unspecified atom stereocenters. The van der Waals surface area contributed by atoms with Gasteiger partial charge in [-0.1, -0.05) is 0 Å². The first-order valence-electron chi connectivity index (χ1n) is 7.57. The highest BCUT2D eigenvalue weighted by Gasteiger charge is 2.20. The van der Waals surface area contributed by atoms with Crippen LogP contribution < -0.4 is 32.5 Å². The molecule has 0 saturated carbocycles. The lowest BCUT2D eigenvalue weighted by atomic mass is 10.2. The maximum absolute atomic E-state index is 11.7. The summed E-state index contributed by atoms with van der Waals surface area (Å²) in [7, 11) is 0. The average Bonchev–Trinajstić information content (AvgIpc) is 2.56. The van der Waals surface area contributed by atoms with Gasteiger partial charge in [0, 0.05) is 0 Å². The number of rotatable bonds is 9. The van der Waals surface area contributed by atoms with Gasteiger partial charge in [0.25, 0.3) is 11.8 Å². The second-order valence-electron chi connectivity index (χ2n) is 5.36. The lowest BCUT2D eigenvalue weighted by molar-refractivity contribution is -0.141. The van der Waals surface area contributed by atoms with Crippen LogP contribution in [0.5, 0.6) is 0 Å². The summed E-state index contributed by atoms with van der Waals surface area (Å²) in [4.78, 5) is 67.1. The third-order valence-electron chi connectivity index (χ3n) is 2.94. The van der Waals surface area contributed by atoms with Gasteiger partial charge in [-0.25, -0.2) is 4.79 Å². The Morgan fingerprint density at radius 3 is 1.96 bits per heavy atom. The molecular weight excluding hydrogens is 368 g/mol. The molecule has 0 radical (unpaired) electrons. The normalized spacial score (nSPS) is 13.3. The third-order valence-corrected chi connectivity index (χ3v) is 2.94. The Labute approximate surface area is 153 Å². The van der Waals surface area contributed by atoms with E-state index in [1.165, 1.54) is 13.8 Å². The number of carboxylic acid groups (broad SMARTS) is 2. The summed E-state index contributed by atoms with van der Waals surface area (Å²) in [6.07, 6.45) is -0.638. The summed E-state index contributed by atoms with van der Waals surface area (Å²) < 4.78 is 0. The van der Waals surface area contributed by atoms with Gasteiger partial charge in [-0.05, 0) is 13.8 Å². The monoisotopic (exact) mass is 390 g/mol. The number of amides is 5. The van der Waals surface area contributed by atoms with E-state index in [4.69, 9.17) is 15.9 Å². The van der Waals surface area contributed by atoms with Crippen LogP contribution in [0.1, 0.15) is 20.3 Å². The summed E-state index contributed by atoms with van der Waals surface area (Å²) in [5.41, 5.74) is 9.14. The fourth-order valence-electron chi connectivity index (χ4n) is 1.43. The second kappa shape index (κ2) is 11.2. The number of carbonyl (C=O) groups is 6. The predicted molar refractivity (Wildman–Crippen MR) is 87.8 cm³/mol. The SMILES string of the molecule is C[C@H](NC(=O)CNC(=O)N[C@@H](C)C(=O)NNC(=O)[C@@H](N)CC(=O)O)C(=O)O. The largest absolute Gasteiger partial charge is 0.481 e. The van der Waals surface area contributed by atoms with E-state index in [1.54, 1.807) is 0 Å². The molecule has 9 N–H and O–H groups in total. The molecule has 0 aromatic heterocycles. The Kier molecular flexibility index (Phi) is 9.82. The average molecular weight is 390 g/mol. The van der Waals surface area contributed by atoms with Gasteiger partial charge in [0.2, 0.25) is 5.91 Å². The van der Waals surface area contributed by atoms with Crippen molar-refractivity contribution < 1.29 is 39.0 Å². The van der Waals surface area contributed by atoms with Crippen molar-refractivity contribution in [3.05, 3.63) is 0 Å². The van der Waals surface area contributed by atoms with E-state index in [2.05, 4.69) is 16.0 Å². The van der Waals surface area contributed by atoms with E-state index in [-0.39, 0.29) is 0 Å². The van der Waals surface area contributed by atoms with Gasteiger partial charge in [0.15, 0.2) is 0 Å². The van der Waals surface area contributed by atoms with Gasteiger partial charge < -0.3 is 31.9 Å². The zero-order valence-electron chi connectivity index (χ0n) is 14.6. The highest BCUT2D eigenvalue weighted by Crippen LogP contribution is 1.88. The summed E-state index contributed by atoms with van der Waals surface area (Å²) in [6, 6.07) is -4.55. The third kappa shape index (κ3) is 10.2. The number of carbonyl (C=O) groups excluding carboxylic acids is 4. The van der Waals surface area contributed by atoms with Crippen molar-refractivity contribution in [1.29, 1.82) is 0 Å². The molecule has 14 nitrogen and oxygen atoms in total. The van der Waals surface area contributed by atoms with Crippen molar-refractivity contribution in [3.8, 4) is 0 Å². The maximum atomic E-state index is 11.7. The maximum Gasteiger partial charge on any atom is 0.325 e. The van der Waals surface area contributed by atoms with Crippen molar-refractivity contribution in [2.45, 2.75) is 38.4 Å². The van der Waals surface area contributed by atoms with Crippen molar-refractivity contribution in [2.75, 3.05) is 6.54 Å². The van der Waals surface area contributed by atoms with E-state index in [9.17, 15) is 28.8 Å². The van der Waals surface area contributed by atoms with Crippen LogP contribution in [0, 0.1) is 0 Å². The number of hydrogen-bond acceptors (Lipinski definition) is 7. The molecule has 0 aromatic carbocycles. The Hall–Kier alpha value is -3.42. The highest BCUT2D eigenvalue weighted by molar-refractivity contribution is 5.91. The Balaban J connectivity index is 4.22. The van der Waals surface area contributed by atoms with Crippen LogP contribution in [-0.2, 0) is 24.0 Å². The molecule has 0 aliphatic rings. The molecule has 14 heteroatoms. The molecule has 3 atom stereocenters. The van der Waals surface area contributed by atoms with Crippen LogP contribution in [0.2, 0.25) is 0 Å². The number of hydrazine groups is 1. The molecule has 0 aliphatic carbocycles. The van der Waals surface area contributed by atoms with Crippen LogP contribution in [0.15, 0.2) is 0 Å². The van der Waals surface area contributed by atoms with Crippen molar-refractivity contribution in [2.24, 2.45) is 5.73 Å². The first kappa shape index (κ1) is 23.6. The van der Waals surface area contributed by atoms with Gasteiger partial charge in [-0.3, -0.25) is 34.8 Å². The van der Waals surface area contributed by atoms with Gasteiger partial charge in [0.05, 0.1) is 19.0 Å². The molecule has 0 saturated heterocycles. The van der Waals surface area contributed by atoms with Crippen molar-refractivity contribution in [1.82, 2.24) is 26.8 Å². The zero-order chi connectivity index (χ0) is 21.1. The first-order chi connectivity index (χ1) is 12.4. The topological polar surface area (TPSA) is 229 Å².